The number of carbonyl (C=O) groups is 2. The molecule has 0 amide bonds. The van der Waals surface area contributed by atoms with Gasteiger partial charge in [-0.3, -0.25) is 14.9 Å². The van der Waals surface area contributed by atoms with Crippen molar-refractivity contribution in [2.24, 2.45) is 46.8 Å². The van der Waals surface area contributed by atoms with Gasteiger partial charge in [0.25, 0.3) is 0 Å². The predicted molar refractivity (Wildman–Crippen MR) is 198 cm³/mol. The topological polar surface area (TPSA) is 203 Å². The highest BCUT2D eigenvalue weighted by atomic mass is 33.1. The zero-order valence-corrected chi connectivity index (χ0v) is 32.2. The molecule has 8 aliphatic rings. The number of ketones is 2. The first-order valence-corrected chi connectivity index (χ1v) is 22.7. The highest BCUT2D eigenvalue weighted by Crippen LogP contribution is 2.57. The van der Waals surface area contributed by atoms with Crippen LogP contribution in [0.1, 0.15) is 83.5 Å². The second-order valence-electron chi connectivity index (χ2n) is 17.7. The quantitative estimate of drug-likeness (QED) is 0.192. The second-order valence-corrected chi connectivity index (χ2v) is 20.1. The Labute approximate surface area is 319 Å². The molecule has 12 nitrogen and oxygen atoms in total. The Morgan fingerprint density at radius 3 is 2.60 bits per heavy atom. The molecule has 0 aromatic rings. The molecule has 53 heavy (non-hydrogen) atoms. The van der Waals surface area contributed by atoms with Gasteiger partial charge in [0.2, 0.25) is 0 Å². The predicted octanol–water partition coefficient (Wildman–Crippen LogP) is 1.70. The van der Waals surface area contributed by atoms with E-state index in [1.807, 2.05) is 6.08 Å². The summed E-state index contributed by atoms with van der Waals surface area (Å²) in [5.74, 6) is -1.62. The number of aliphatic hydroxyl groups is 6. The molecule has 5 aliphatic carbocycles. The van der Waals surface area contributed by atoms with E-state index in [9.17, 15) is 35.4 Å². The van der Waals surface area contributed by atoms with E-state index in [1.165, 1.54) is 10.8 Å². The van der Waals surface area contributed by atoms with Gasteiger partial charge in [0.15, 0.2) is 12.1 Å². The summed E-state index contributed by atoms with van der Waals surface area (Å²) in [5.41, 5.74) is -4.19. The molecule has 0 aromatic heterocycles. The number of nitrogens with two attached hydrogens (primary N) is 1. The van der Waals surface area contributed by atoms with E-state index in [4.69, 9.17) is 9.47 Å². The number of hydrogen-bond acceptors (Lipinski definition) is 13. The van der Waals surface area contributed by atoms with Crippen LogP contribution in [0.25, 0.3) is 0 Å². The van der Waals surface area contributed by atoms with E-state index < -0.39 is 71.5 Å². The summed E-state index contributed by atoms with van der Waals surface area (Å²) < 4.78 is 12.9. The van der Waals surface area contributed by atoms with Crippen LogP contribution in [-0.4, -0.2) is 116 Å². The maximum atomic E-state index is 15.2. The van der Waals surface area contributed by atoms with E-state index in [0.29, 0.717) is 50.3 Å². The molecule has 9 N–H and O–H groups in total. The van der Waals surface area contributed by atoms with Gasteiger partial charge >= 0.3 is 0 Å². The minimum atomic E-state index is -2.01. The molecule has 15 atom stereocenters. The molecule has 0 radical (unpaired) electrons. The van der Waals surface area contributed by atoms with E-state index in [1.54, 1.807) is 16.9 Å². The fraction of sp³-hybridized carbons (Fsp3) is 0.846. The lowest BCUT2D eigenvalue weighted by atomic mass is 9.52. The molecule has 3 heterocycles. The van der Waals surface area contributed by atoms with Crippen LogP contribution in [0.2, 0.25) is 0 Å². The van der Waals surface area contributed by atoms with Crippen molar-refractivity contribution in [3.05, 3.63) is 23.5 Å². The summed E-state index contributed by atoms with van der Waals surface area (Å²) in [6, 6.07) is 0. The number of aliphatic hydroxyl groups excluding tert-OH is 5. The lowest BCUT2D eigenvalue weighted by Crippen LogP contribution is -2.95. The van der Waals surface area contributed by atoms with Crippen LogP contribution in [0, 0.1) is 46.8 Å². The van der Waals surface area contributed by atoms with Gasteiger partial charge in [-0.05, 0) is 93.1 Å². The van der Waals surface area contributed by atoms with Crippen molar-refractivity contribution in [1.82, 2.24) is 5.32 Å². The first-order valence-electron chi connectivity index (χ1n) is 20.2. The molecule has 3 saturated heterocycles. The van der Waals surface area contributed by atoms with Gasteiger partial charge in [0.1, 0.15) is 46.5 Å². The monoisotopic (exact) mass is 779 g/mol. The molecular weight excluding hydrogens is 721 g/mol. The smallest absolute Gasteiger partial charge is 0.187 e. The molecule has 1 spiro atoms. The summed E-state index contributed by atoms with van der Waals surface area (Å²) in [5, 5.41) is 74.4. The second kappa shape index (κ2) is 15.4. The van der Waals surface area contributed by atoms with Crippen LogP contribution in [-0.2, 0) is 19.1 Å². The van der Waals surface area contributed by atoms with Crippen LogP contribution < -0.4 is 10.6 Å². The van der Waals surface area contributed by atoms with E-state index in [2.05, 4.69) is 10.6 Å². The SMILES string of the molecule is O=C1C2CCCC3OC4OC5(CO)CCC(CC6CC[NH2+]C(C6)NCSSCC6(C(=O)C32)C(O)=CC(CC2CCCC(CO)C2)=CC16)C(O)(C4O)C5O. The lowest BCUT2D eigenvalue weighted by Gasteiger charge is -2.61. The van der Waals surface area contributed by atoms with Gasteiger partial charge < -0.3 is 45.4 Å². The summed E-state index contributed by atoms with van der Waals surface area (Å²) >= 11 is 0. The maximum Gasteiger partial charge on any atom is 0.187 e. The third-order valence-electron chi connectivity index (χ3n) is 14.8. The lowest BCUT2D eigenvalue weighted by molar-refractivity contribution is -0.704. The molecular formula is C39H59N2O10S2+. The number of rotatable bonds is 4. The zero-order valence-electron chi connectivity index (χ0n) is 30.5. The van der Waals surface area contributed by atoms with Gasteiger partial charge in [-0.2, -0.15) is 0 Å². The minimum absolute atomic E-state index is 0.0826. The van der Waals surface area contributed by atoms with Crippen LogP contribution in [0.5, 0.6) is 0 Å². The number of quaternary nitrogens is 1. The minimum Gasteiger partial charge on any atom is -0.511 e. The number of ether oxygens (including phenoxy) is 2. The van der Waals surface area contributed by atoms with Crippen molar-refractivity contribution in [2.45, 2.75) is 125 Å². The first-order chi connectivity index (χ1) is 25.5. The van der Waals surface area contributed by atoms with Crippen molar-refractivity contribution in [2.75, 3.05) is 31.4 Å². The zero-order chi connectivity index (χ0) is 37.1. The van der Waals surface area contributed by atoms with Crippen molar-refractivity contribution < 1.29 is 55.0 Å². The Hall–Kier alpha value is -1.04. The molecule has 0 aromatic carbocycles. The summed E-state index contributed by atoms with van der Waals surface area (Å²) in [6.45, 7) is 0.476. The molecule has 296 valence electrons. The fourth-order valence-electron chi connectivity index (χ4n) is 11.9. The fourth-order valence-corrected chi connectivity index (χ4v) is 14.3. The van der Waals surface area contributed by atoms with Gasteiger partial charge in [-0.25, -0.2) is 0 Å². The number of piperidine rings is 1. The van der Waals surface area contributed by atoms with Gasteiger partial charge in [0.05, 0.1) is 37.0 Å². The van der Waals surface area contributed by atoms with Gasteiger partial charge in [-0.15, -0.1) is 0 Å². The van der Waals surface area contributed by atoms with Gasteiger partial charge in [-0.1, -0.05) is 46.9 Å². The third-order valence-corrected chi connectivity index (χ3v) is 17.0. The average Bonchev–Trinajstić information content (AvgIpc) is 3.16. The molecule has 7 bridgehead atoms. The largest absolute Gasteiger partial charge is 0.511 e. The van der Waals surface area contributed by atoms with Crippen LogP contribution in [0.3, 0.4) is 0 Å². The normalized spacial score (nSPS) is 49.2. The van der Waals surface area contributed by atoms with Crippen molar-refractivity contribution >= 4 is 33.2 Å². The Morgan fingerprint density at radius 1 is 0.981 bits per heavy atom. The number of fused-ring (bicyclic) bond motifs is 4. The average molecular weight is 780 g/mol. The van der Waals surface area contributed by atoms with Crippen LogP contribution in [0.15, 0.2) is 23.5 Å². The number of hydrogen-bond donors (Lipinski definition) is 8. The van der Waals surface area contributed by atoms with Crippen molar-refractivity contribution in [3.8, 4) is 0 Å². The Kier molecular flexibility index (Phi) is 11.3. The van der Waals surface area contributed by atoms with Crippen LogP contribution >= 0.6 is 21.6 Å². The van der Waals surface area contributed by atoms with Crippen LogP contribution in [0.4, 0.5) is 0 Å². The highest BCUT2D eigenvalue weighted by Gasteiger charge is 2.69. The van der Waals surface area contributed by atoms with E-state index in [-0.39, 0.29) is 54.1 Å². The Balaban J connectivity index is 1.14. The standard InChI is InChI=1S/C39H58N2O10S2/c42-17-23-4-1-3-21(11-23)12-24-14-27-32(45)26-5-2-6-28-31(26)33(46)38(27,29(44)15-24)19-52-53-20-41-30-16-22(8-10-40-30)13-25-7-9-37(18-43)36(48)39(25,49)34(47)35(50-28)51-37/h14-15,21-23,25-28,30-31,34-36,40-44,47-49H,1-13,16-20H2/p+1. The summed E-state index contributed by atoms with van der Waals surface area (Å²) in [7, 11) is 3.07. The summed E-state index contributed by atoms with van der Waals surface area (Å²) in [4.78, 5) is 30.0. The van der Waals surface area contributed by atoms with Crippen molar-refractivity contribution in [3.63, 3.8) is 0 Å². The highest BCUT2D eigenvalue weighted by molar-refractivity contribution is 8.76. The maximum absolute atomic E-state index is 15.2. The van der Waals surface area contributed by atoms with E-state index >= 15 is 4.79 Å². The number of carbonyl (C=O) groups excluding carboxylic acids is 2. The van der Waals surface area contributed by atoms with E-state index in [0.717, 1.165) is 50.6 Å². The Bertz CT molecular complexity index is 1470. The number of Topliss-reactive ketones (excluding diaryl/α,β-unsaturated/α-hetero) is 2. The molecule has 14 heteroatoms. The molecule has 15 unspecified atom stereocenters. The first kappa shape index (κ1) is 38.8. The summed E-state index contributed by atoms with van der Waals surface area (Å²) in [6.07, 6.45) is 7.55. The molecule has 7 fully saturated rings. The molecule has 4 saturated carbocycles. The number of nitrogens with one attached hydrogen (secondary N) is 1. The van der Waals surface area contributed by atoms with Crippen molar-refractivity contribution in [1.29, 1.82) is 0 Å². The molecule has 8 rings (SSSR count). The molecule has 3 aliphatic heterocycles. The third kappa shape index (κ3) is 6.61. The van der Waals surface area contributed by atoms with Gasteiger partial charge in [0, 0.05) is 24.7 Å². The Morgan fingerprint density at radius 2 is 1.79 bits per heavy atom. The number of allylic oxidation sites excluding steroid dienone is 4.